The topological polar surface area (TPSA) is 97.8 Å². The van der Waals surface area contributed by atoms with E-state index >= 15 is 0 Å². The quantitative estimate of drug-likeness (QED) is 0.737. The molecule has 0 aromatic carbocycles. The van der Waals surface area contributed by atoms with Crippen molar-refractivity contribution in [1.29, 1.82) is 0 Å². The van der Waals surface area contributed by atoms with Crippen molar-refractivity contribution in [1.82, 2.24) is 10.2 Å². The second-order valence-electron chi connectivity index (χ2n) is 5.40. The van der Waals surface area contributed by atoms with Crippen LogP contribution in [0.4, 0.5) is 4.79 Å². The smallest absolute Gasteiger partial charge is 0.314 e. The first-order valence-electron chi connectivity index (χ1n) is 7.59. The number of urea groups is 1. The molecule has 1 aliphatic heterocycles. The van der Waals surface area contributed by atoms with Crippen molar-refractivity contribution in [3.63, 3.8) is 0 Å². The van der Waals surface area contributed by atoms with E-state index in [0.717, 1.165) is 25.0 Å². The lowest BCUT2D eigenvalue weighted by Crippen LogP contribution is -2.47. The predicted octanol–water partition coefficient (Wildman–Crippen LogP) is 1.09. The number of nitrogens with zero attached hydrogens (tertiary/aromatic N) is 1. The fourth-order valence-corrected chi connectivity index (χ4v) is 2.49. The van der Waals surface area contributed by atoms with Gasteiger partial charge in [0.1, 0.15) is 12.4 Å². The zero-order valence-corrected chi connectivity index (χ0v) is 12.6. The first kappa shape index (κ1) is 16.4. The maximum Gasteiger partial charge on any atom is 0.314 e. The van der Waals surface area contributed by atoms with Gasteiger partial charge in [0.25, 0.3) is 0 Å². The van der Waals surface area contributed by atoms with Gasteiger partial charge in [0.2, 0.25) is 5.91 Å². The Morgan fingerprint density at radius 3 is 3.09 bits per heavy atom. The second kappa shape index (κ2) is 8.43. The van der Waals surface area contributed by atoms with E-state index in [9.17, 15) is 9.59 Å². The summed E-state index contributed by atoms with van der Waals surface area (Å²) in [6, 6.07) is 3.22. The Bertz CT molecular complexity index is 475. The molecule has 1 aliphatic rings. The van der Waals surface area contributed by atoms with Gasteiger partial charge < -0.3 is 25.1 Å². The number of carbonyl (C=O) groups excluding carboxylic acids is 2. The van der Waals surface area contributed by atoms with Crippen LogP contribution in [0.1, 0.15) is 25.0 Å². The van der Waals surface area contributed by atoms with Crippen LogP contribution in [0.25, 0.3) is 0 Å². The van der Waals surface area contributed by atoms with Crippen molar-refractivity contribution in [3.8, 4) is 0 Å². The Labute approximate surface area is 129 Å². The van der Waals surface area contributed by atoms with Gasteiger partial charge in [0, 0.05) is 26.2 Å². The molecule has 0 radical (unpaired) electrons. The Morgan fingerprint density at radius 1 is 1.50 bits per heavy atom. The van der Waals surface area contributed by atoms with E-state index in [-0.39, 0.29) is 11.8 Å². The minimum Gasteiger partial charge on any atom is -0.467 e. The van der Waals surface area contributed by atoms with E-state index < -0.39 is 6.03 Å². The predicted molar refractivity (Wildman–Crippen MR) is 79.9 cm³/mol. The van der Waals surface area contributed by atoms with Crippen LogP contribution in [0.2, 0.25) is 0 Å². The summed E-state index contributed by atoms with van der Waals surface area (Å²) in [6.07, 6.45) is 3.95. The second-order valence-corrected chi connectivity index (χ2v) is 5.40. The largest absolute Gasteiger partial charge is 0.467 e. The summed E-state index contributed by atoms with van der Waals surface area (Å²) in [5.74, 6) is 0.611. The van der Waals surface area contributed by atoms with E-state index in [0.29, 0.717) is 32.8 Å². The fourth-order valence-electron chi connectivity index (χ4n) is 2.49. The number of furan rings is 1. The van der Waals surface area contributed by atoms with E-state index in [1.165, 1.54) is 4.90 Å². The lowest BCUT2D eigenvalue weighted by Gasteiger charge is -2.30. The Kier molecular flexibility index (Phi) is 6.27. The molecule has 0 saturated carbocycles. The molecule has 22 heavy (non-hydrogen) atoms. The van der Waals surface area contributed by atoms with Gasteiger partial charge in [-0.05, 0) is 31.4 Å². The minimum absolute atomic E-state index is 0.0167. The molecule has 0 bridgehead atoms. The average Bonchev–Trinajstić information content (AvgIpc) is 3.04. The first-order chi connectivity index (χ1) is 10.7. The molecular formula is C15H23N3O4. The monoisotopic (exact) mass is 309 g/mol. The van der Waals surface area contributed by atoms with Crippen LogP contribution in [0, 0.1) is 5.92 Å². The van der Waals surface area contributed by atoms with Crippen LogP contribution in [-0.2, 0) is 16.1 Å². The highest BCUT2D eigenvalue weighted by atomic mass is 16.5. The van der Waals surface area contributed by atoms with Crippen LogP contribution in [0.5, 0.6) is 0 Å². The lowest BCUT2D eigenvalue weighted by molar-refractivity contribution is -0.126. The molecule has 1 atom stereocenters. The number of rotatable bonds is 7. The van der Waals surface area contributed by atoms with Crippen molar-refractivity contribution in [2.75, 3.05) is 26.2 Å². The zero-order valence-electron chi connectivity index (χ0n) is 12.6. The number of ether oxygens (including phenoxy) is 1. The molecule has 1 fully saturated rings. The van der Waals surface area contributed by atoms with Crippen molar-refractivity contribution in [2.24, 2.45) is 11.7 Å². The molecule has 2 heterocycles. The zero-order chi connectivity index (χ0) is 15.8. The van der Waals surface area contributed by atoms with Gasteiger partial charge in [-0.25, -0.2) is 4.79 Å². The van der Waals surface area contributed by atoms with Gasteiger partial charge in [-0.1, -0.05) is 0 Å². The average molecular weight is 309 g/mol. The summed E-state index contributed by atoms with van der Waals surface area (Å²) < 4.78 is 10.6. The molecule has 3 N–H and O–H groups in total. The summed E-state index contributed by atoms with van der Waals surface area (Å²) in [6.45, 7) is 2.61. The number of nitrogens with one attached hydrogen (secondary N) is 1. The number of amides is 3. The molecule has 7 nitrogen and oxygen atoms in total. The Hall–Kier alpha value is -2.02. The normalized spacial score (nSPS) is 18.2. The molecule has 0 aliphatic carbocycles. The molecule has 0 spiro atoms. The maximum atomic E-state index is 12.0. The number of piperidine rings is 1. The number of primary amides is 1. The molecular weight excluding hydrogens is 286 g/mol. The van der Waals surface area contributed by atoms with Gasteiger partial charge in [-0.3, -0.25) is 4.79 Å². The van der Waals surface area contributed by atoms with Gasteiger partial charge >= 0.3 is 6.03 Å². The molecule has 1 saturated heterocycles. The highest BCUT2D eigenvalue weighted by Crippen LogP contribution is 2.16. The maximum absolute atomic E-state index is 12.0. The molecule has 0 unspecified atom stereocenters. The van der Waals surface area contributed by atoms with E-state index in [1.54, 1.807) is 6.26 Å². The fraction of sp³-hybridized carbons (Fsp3) is 0.600. The molecule has 2 rings (SSSR count). The van der Waals surface area contributed by atoms with Crippen molar-refractivity contribution in [2.45, 2.75) is 25.9 Å². The van der Waals surface area contributed by atoms with E-state index in [1.807, 2.05) is 12.1 Å². The minimum atomic E-state index is -0.455. The first-order valence-corrected chi connectivity index (χ1v) is 7.59. The van der Waals surface area contributed by atoms with Crippen LogP contribution >= 0.6 is 0 Å². The number of hydrogen-bond donors (Lipinski definition) is 2. The van der Waals surface area contributed by atoms with Crippen molar-refractivity contribution in [3.05, 3.63) is 24.2 Å². The summed E-state index contributed by atoms with van der Waals surface area (Å²) in [5.41, 5.74) is 5.26. The van der Waals surface area contributed by atoms with Crippen LogP contribution < -0.4 is 11.1 Å². The van der Waals surface area contributed by atoms with Gasteiger partial charge in [0.05, 0.1) is 12.2 Å². The van der Waals surface area contributed by atoms with Gasteiger partial charge in [-0.15, -0.1) is 0 Å². The van der Waals surface area contributed by atoms with Crippen LogP contribution in [0.3, 0.4) is 0 Å². The van der Waals surface area contributed by atoms with Crippen molar-refractivity contribution >= 4 is 11.9 Å². The highest BCUT2D eigenvalue weighted by Gasteiger charge is 2.26. The molecule has 1 aromatic rings. The van der Waals surface area contributed by atoms with E-state index in [4.69, 9.17) is 14.9 Å². The summed E-state index contributed by atoms with van der Waals surface area (Å²) in [7, 11) is 0. The number of nitrogens with two attached hydrogens (primary N) is 1. The Morgan fingerprint density at radius 2 is 2.36 bits per heavy atom. The summed E-state index contributed by atoms with van der Waals surface area (Å²) in [5, 5.41) is 2.88. The third-order valence-corrected chi connectivity index (χ3v) is 3.69. The van der Waals surface area contributed by atoms with Gasteiger partial charge in [0.15, 0.2) is 0 Å². The molecule has 7 heteroatoms. The Balaban J connectivity index is 1.56. The third kappa shape index (κ3) is 5.07. The summed E-state index contributed by atoms with van der Waals surface area (Å²) in [4.78, 5) is 24.7. The number of likely N-dealkylation sites (tertiary alicyclic amines) is 1. The van der Waals surface area contributed by atoms with Crippen LogP contribution in [-0.4, -0.2) is 43.1 Å². The SMILES string of the molecule is NC(=O)N1CCC[C@@H](C(=O)NCCCOCc2ccco2)C1. The summed E-state index contributed by atoms with van der Waals surface area (Å²) >= 11 is 0. The van der Waals surface area contributed by atoms with Crippen molar-refractivity contribution < 1.29 is 18.7 Å². The number of hydrogen-bond acceptors (Lipinski definition) is 4. The lowest BCUT2D eigenvalue weighted by atomic mass is 9.97. The standard InChI is InChI=1S/C15H23N3O4/c16-15(20)18-7-1-4-12(10-18)14(19)17-6-3-8-21-11-13-5-2-9-22-13/h2,5,9,12H,1,3-4,6-8,10-11H2,(H2,16,20)(H,17,19)/t12-/m1/s1. The number of carbonyl (C=O) groups is 2. The third-order valence-electron chi connectivity index (χ3n) is 3.69. The highest BCUT2D eigenvalue weighted by molar-refractivity contribution is 5.80. The molecule has 3 amide bonds. The van der Waals surface area contributed by atoms with E-state index in [2.05, 4.69) is 5.32 Å². The van der Waals surface area contributed by atoms with Crippen LogP contribution in [0.15, 0.2) is 22.8 Å². The van der Waals surface area contributed by atoms with Gasteiger partial charge in [-0.2, -0.15) is 0 Å². The molecule has 1 aromatic heterocycles. The molecule has 122 valence electrons.